The molecule has 1 aliphatic rings. The van der Waals surface area contributed by atoms with E-state index in [9.17, 15) is 9.59 Å². The summed E-state index contributed by atoms with van der Waals surface area (Å²) in [6, 6.07) is 19.8. The zero-order chi connectivity index (χ0) is 22.6. The van der Waals surface area contributed by atoms with Crippen LogP contribution in [0.25, 0.3) is 22.3 Å². The molecule has 4 aromatic rings. The minimum Gasteiger partial charge on any atom is -0.351 e. The Balaban J connectivity index is 1.71. The van der Waals surface area contributed by atoms with Crippen LogP contribution >= 0.6 is 0 Å². The topological polar surface area (TPSA) is 76.9 Å². The molecule has 166 valence electrons. The number of rotatable bonds is 5. The van der Waals surface area contributed by atoms with Crippen molar-refractivity contribution >= 4 is 16.9 Å². The van der Waals surface area contributed by atoms with Gasteiger partial charge in [-0.1, -0.05) is 61.7 Å². The Morgan fingerprint density at radius 1 is 0.909 bits per heavy atom. The zero-order valence-corrected chi connectivity index (χ0v) is 18.4. The number of carbonyl (C=O) groups excluding carboxylic acids is 1. The van der Waals surface area contributed by atoms with E-state index < -0.39 is 6.04 Å². The van der Waals surface area contributed by atoms with Crippen molar-refractivity contribution in [1.82, 2.24) is 19.9 Å². The number of nitrogens with zero attached hydrogens (tertiary/aromatic N) is 3. The molecule has 2 aromatic carbocycles. The second-order valence-corrected chi connectivity index (χ2v) is 8.52. The SMILES string of the molecule is O=C(NC1CCCCC1)C(c1ccncc1)n1c(=O)c(-c2ccccc2)nc2ccccc21. The summed E-state index contributed by atoms with van der Waals surface area (Å²) in [5.41, 5.74) is 2.78. The third kappa shape index (κ3) is 4.29. The fourth-order valence-electron chi connectivity index (χ4n) is 4.69. The Morgan fingerprint density at radius 2 is 1.61 bits per heavy atom. The molecule has 0 radical (unpaired) electrons. The molecular weight excluding hydrogens is 412 g/mol. The molecule has 0 spiro atoms. The van der Waals surface area contributed by atoms with E-state index >= 15 is 0 Å². The Bertz CT molecular complexity index is 1310. The van der Waals surface area contributed by atoms with E-state index in [4.69, 9.17) is 0 Å². The smallest absolute Gasteiger partial charge is 0.278 e. The highest BCUT2D eigenvalue weighted by Crippen LogP contribution is 2.25. The monoisotopic (exact) mass is 438 g/mol. The van der Waals surface area contributed by atoms with Gasteiger partial charge in [0, 0.05) is 24.0 Å². The van der Waals surface area contributed by atoms with Gasteiger partial charge in [-0.2, -0.15) is 0 Å². The van der Waals surface area contributed by atoms with Crippen LogP contribution < -0.4 is 10.9 Å². The first kappa shape index (κ1) is 21.1. The van der Waals surface area contributed by atoms with Gasteiger partial charge in [-0.25, -0.2) is 4.98 Å². The third-order valence-electron chi connectivity index (χ3n) is 6.32. The van der Waals surface area contributed by atoms with Gasteiger partial charge in [0.05, 0.1) is 11.0 Å². The number of benzene rings is 2. The first-order valence-corrected chi connectivity index (χ1v) is 11.5. The first-order valence-electron chi connectivity index (χ1n) is 11.5. The second kappa shape index (κ2) is 9.36. The fourth-order valence-corrected chi connectivity index (χ4v) is 4.69. The van der Waals surface area contributed by atoms with Crippen molar-refractivity contribution in [1.29, 1.82) is 0 Å². The Kier molecular flexibility index (Phi) is 5.98. The van der Waals surface area contributed by atoms with Crippen LogP contribution in [0.4, 0.5) is 0 Å². The molecule has 1 unspecified atom stereocenters. The summed E-state index contributed by atoms with van der Waals surface area (Å²) in [6.07, 6.45) is 8.68. The quantitative estimate of drug-likeness (QED) is 0.498. The van der Waals surface area contributed by atoms with E-state index in [1.54, 1.807) is 29.1 Å². The van der Waals surface area contributed by atoms with Crippen molar-refractivity contribution < 1.29 is 4.79 Å². The number of pyridine rings is 1. The summed E-state index contributed by atoms with van der Waals surface area (Å²) in [5.74, 6) is -0.175. The van der Waals surface area contributed by atoms with Gasteiger partial charge in [0.1, 0.15) is 11.7 Å². The van der Waals surface area contributed by atoms with Gasteiger partial charge < -0.3 is 5.32 Å². The van der Waals surface area contributed by atoms with Gasteiger partial charge in [0.2, 0.25) is 5.91 Å². The molecule has 0 saturated heterocycles. The maximum absolute atomic E-state index is 13.9. The van der Waals surface area contributed by atoms with Crippen LogP contribution in [0.5, 0.6) is 0 Å². The highest BCUT2D eigenvalue weighted by molar-refractivity contribution is 5.87. The molecule has 5 rings (SSSR count). The first-order chi connectivity index (χ1) is 16.2. The summed E-state index contributed by atoms with van der Waals surface area (Å²) < 4.78 is 1.60. The molecule has 6 heteroatoms. The van der Waals surface area contributed by atoms with Crippen molar-refractivity contribution in [3.63, 3.8) is 0 Å². The lowest BCUT2D eigenvalue weighted by molar-refractivity contribution is -0.124. The van der Waals surface area contributed by atoms with E-state index in [-0.39, 0.29) is 17.5 Å². The maximum atomic E-state index is 13.9. The number of aromatic nitrogens is 3. The Hall–Kier alpha value is -3.80. The van der Waals surface area contributed by atoms with Gasteiger partial charge in [-0.15, -0.1) is 0 Å². The van der Waals surface area contributed by atoms with E-state index in [1.165, 1.54) is 6.42 Å². The summed E-state index contributed by atoms with van der Waals surface area (Å²) in [6.45, 7) is 0. The molecule has 6 nitrogen and oxygen atoms in total. The van der Waals surface area contributed by atoms with E-state index in [1.807, 2.05) is 54.6 Å². The number of amides is 1. The van der Waals surface area contributed by atoms with Gasteiger partial charge >= 0.3 is 0 Å². The predicted octanol–water partition coefficient (Wildman–Crippen LogP) is 4.50. The number of hydrogen-bond donors (Lipinski definition) is 1. The van der Waals surface area contributed by atoms with Crippen molar-refractivity contribution in [3.8, 4) is 11.3 Å². The highest BCUT2D eigenvalue weighted by atomic mass is 16.2. The molecule has 2 aromatic heterocycles. The number of carbonyl (C=O) groups is 1. The van der Waals surface area contributed by atoms with Crippen molar-refractivity contribution in [2.24, 2.45) is 0 Å². The summed E-state index contributed by atoms with van der Waals surface area (Å²) in [7, 11) is 0. The minimum atomic E-state index is -0.821. The molecule has 1 fully saturated rings. The predicted molar refractivity (Wildman–Crippen MR) is 129 cm³/mol. The lowest BCUT2D eigenvalue weighted by atomic mass is 9.95. The minimum absolute atomic E-state index is 0.132. The summed E-state index contributed by atoms with van der Waals surface area (Å²) in [4.78, 5) is 36.4. The molecule has 1 saturated carbocycles. The zero-order valence-electron chi connectivity index (χ0n) is 18.4. The molecule has 1 atom stereocenters. The van der Waals surface area contributed by atoms with Crippen LogP contribution in [-0.2, 0) is 4.79 Å². The van der Waals surface area contributed by atoms with Crippen molar-refractivity contribution in [3.05, 3.63) is 95.0 Å². The second-order valence-electron chi connectivity index (χ2n) is 8.52. The largest absolute Gasteiger partial charge is 0.351 e. The molecule has 0 aliphatic heterocycles. The standard InChI is InChI=1S/C27H26N4O2/c32-26(29-21-11-5-2-6-12-21)25(20-15-17-28-18-16-20)31-23-14-8-7-13-22(23)30-24(27(31)33)19-9-3-1-4-10-19/h1,3-4,7-10,13-18,21,25H,2,5-6,11-12H2,(H,29,32). The van der Waals surface area contributed by atoms with Crippen LogP contribution in [0.15, 0.2) is 83.9 Å². The normalized spacial score (nSPS) is 15.3. The maximum Gasteiger partial charge on any atom is 0.278 e. The van der Waals surface area contributed by atoms with E-state index in [0.29, 0.717) is 16.7 Å². The Labute approximate surface area is 192 Å². The van der Waals surface area contributed by atoms with Crippen LogP contribution in [0, 0.1) is 0 Å². The van der Waals surface area contributed by atoms with Crippen LogP contribution in [-0.4, -0.2) is 26.5 Å². The molecular formula is C27H26N4O2. The van der Waals surface area contributed by atoms with Crippen molar-refractivity contribution in [2.45, 2.75) is 44.2 Å². The average Bonchev–Trinajstić information content (AvgIpc) is 2.87. The van der Waals surface area contributed by atoms with Crippen molar-refractivity contribution in [2.75, 3.05) is 0 Å². The lowest BCUT2D eigenvalue weighted by Gasteiger charge is -2.27. The van der Waals surface area contributed by atoms with Crippen LogP contribution in [0.2, 0.25) is 0 Å². The Morgan fingerprint density at radius 3 is 2.36 bits per heavy atom. The molecule has 1 N–H and O–H groups in total. The van der Waals surface area contributed by atoms with Gasteiger partial charge in [0.25, 0.3) is 5.56 Å². The number of fused-ring (bicyclic) bond motifs is 1. The number of hydrogen-bond acceptors (Lipinski definition) is 4. The summed E-state index contributed by atoms with van der Waals surface area (Å²) in [5, 5.41) is 3.23. The van der Waals surface area contributed by atoms with Gasteiger partial charge in [-0.05, 0) is 42.7 Å². The average molecular weight is 439 g/mol. The fraction of sp³-hybridized carbons (Fsp3) is 0.259. The molecule has 33 heavy (non-hydrogen) atoms. The molecule has 0 bridgehead atoms. The molecule has 1 amide bonds. The lowest BCUT2D eigenvalue weighted by Crippen LogP contribution is -2.43. The molecule has 2 heterocycles. The van der Waals surface area contributed by atoms with Crippen LogP contribution in [0.3, 0.4) is 0 Å². The highest BCUT2D eigenvalue weighted by Gasteiger charge is 2.29. The van der Waals surface area contributed by atoms with E-state index in [2.05, 4.69) is 15.3 Å². The van der Waals surface area contributed by atoms with Gasteiger partial charge in [0.15, 0.2) is 0 Å². The van der Waals surface area contributed by atoms with Crippen LogP contribution in [0.1, 0.15) is 43.7 Å². The number of nitrogens with one attached hydrogen (secondary N) is 1. The van der Waals surface area contributed by atoms with E-state index in [0.717, 1.165) is 36.8 Å². The number of para-hydroxylation sites is 2. The molecule has 1 aliphatic carbocycles. The summed E-state index contributed by atoms with van der Waals surface area (Å²) >= 11 is 0. The van der Waals surface area contributed by atoms with Gasteiger partial charge in [-0.3, -0.25) is 19.1 Å². The third-order valence-corrected chi connectivity index (χ3v) is 6.32.